The molecule has 2 heterocycles. The Bertz CT molecular complexity index is 1060. The lowest BCUT2D eigenvalue weighted by Gasteiger charge is -2.34. The molecule has 0 saturated carbocycles. The fraction of sp³-hybridized carbons (Fsp3) is 0.320. The number of benzene rings is 2. The lowest BCUT2D eigenvalue weighted by atomic mass is 10.2. The molecule has 3 aromatic rings. The van der Waals surface area contributed by atoms with Gasteiger partial charge in [-0.25, -0.2) is 9.37 Å². The number of aromatic nitrogens is 1. The molecule has 2 aromatic carbocycles. The molecular formula is C25H27FN4O2S. The molecule has 1 aromatic heterocycles. The SMILES string of the molecule is O=C(NCCCC(=O)N1CCN(Cc2csc(-c3ccccc3)n2)CC1)c1ccc(F)cc1. The van der Waals surface area contributed by atoms with Gasteiger partial charge in [-0.15, -0.1) is 11.3 Å². The van der Waals surface area contributed by atoms with Crippen molar-refractivity contribution >= 4 is 23.2 Å². The summed E-state index contributed by atoms with van der Waals surface area (Å²) in [6.07, 6.45) is 0.975. The maximum Gasteiger partial charge on any atom is 0.251 e. The highest BCUT2D eigenvalue weighted by Crippen LogP contribution is 2.24. The van der Waals surface area contributed by atoms with Crippen molar-refractivity contribution in [3.05, 3.63) is 77.1 Å². The molecule has 0 atom stereocenters. The number of amides is 2. The molecule has 33 heavy (non-hydrogen) atoms. The monoisotopic (exact) mass is 466 g/mol. The van der Waals surface area contributed by atoms with Crippen molar-refractivity contribution in [2.45, 2.75) is 19.4 Å². The molecule has 0 spiro atoms. The second-order valence-corrected chi connectivity index (χ2v) is 8.89. The third-order valence-corrected chi connectivity index (χ3v) is 6.58. The number of nitrogens with one attached hydrogen (secondary N) is 1. The molecule has 1 aliphatic heterocycles. The van der Waals surface area contributed by atoms with Crippen molar-refractivity contribution < 1.29 is 14.0 Å². The lowest BCUT2D eigenvalue weighted by Crippen LogP contribution is -2.48. The number of hydrogen-bond donors (Lipinski definition) is 1. The predicted molar refractivity (Wildman–Crippen MR) is 127 cm³/mol. The van der Waals surface area contributed by atoms with E-state index in [4.69, 9.17) is 4.98 Å². The van der Waals surface area contributed by atoms with Crippen LogP contribution in [0.3, 0.4) is 0 Å². The first-order valence-corrected chi connectivity index (χ1v) is 12.0. The first-order chi connectivity index (χ1) is 16.1. The topological polar surface area (TPSA) is 65.5 Å². The van der Waals surface area contributed by atoms with Gasteiger partial charge in [0.25, 0.3) is 5.91 Å². The van der Waals surface area contributed by atoms with Crippen molar-refractivity contribution in [1.82, 2.24) is 20.1 Å². The molecule has 1 saturated heterocycles. The molecule has 6 nitrogen and oxygen atoms in total. The largest absolute Gasteiger partial charge is 0.352 e. The summed E-state index contributed by atoms with van der Waals surface area (Å²) in [6.45, 7) is 4.26. The summed E-state index contributed by atoms with van der Waals surface area (Å²) in [5.41, 5.74) is 2.61. The van der Waals surface area contributed by atoms with Gasteiger partial charge in [-0.2, -0.15) is 0 Å². The molecule has 0 bridgehead atoms. The quantitative estimate of drug-likeness (QED) is 0.513. The zero-order valence-electron chi connectivity index (χ0n) is 18.4. The highest BCUT2D eigenvalue weighted by Gasteiger charge is 2.21. The normalized spacial score (nSPS) is 14.3. The minimum Gasteiger partial charge on any atom is -0.352 e. The van der Waals surface area contributed by atoms with Crippen LogP contribution in [-0.4, -0.2) is 59.3 Å². The van der Waals surface area contributed by atoms with E-state index in [9.17, 15) is 14.0 Å². The van der Waals surface area contributed by atoms with Crippen molar-refractivity contribution in [1.29, 1.82) is 0 Å². The van der Waals surface area contributed by atoms with Crippen LogP contribution in [0.4, 0.5) is 4.39 Å². The molecule has 1 aliphatic rings. The predicted octanol–water partition coefficient (Wildman–Crippen LogP) is 3.80. The highest BCUT2D eigenvalue weighted by atomic mass is 32.1. The Labute approximate surface area is 197 Å². The summed E-state index contributed by atoms with van der Waals surface area (Å²) in [5.74, 6) is -0.514. The second-order valence-electron chi connectivity index (χ2n) is 8.03. The van der Waals surface area contributed by atoms with Crippen molar-refractivity contribution in [3.63, 3.8) is 0 Å². The van der Waals surface area contributed by atoms with Crippen LogP contribution >= 0.6 is 11.3 Å². The van der Waals surface area contributed by atoms with E-state index in [2.05, 4.69) is 27.7 Å². The van der Waals surface area contributed by atoms with Gasteiger partial charge in [0.1, 0.15) is 10.8 Å². The van der Waals surface area contributed by atoms with E-state index in [0.29, 0.717) is 38.0 Å². The minimum absolute atomic E-state index is 0.116. The zero-order valence-corrected chi connectivity index (χ0v) is 19.2. The molecule has 0 radical (unpaired) electrons. The number of nitrogens with zero attached hydrogens (tertiary/aromatic N) is 3. The van der Waals surface area contributed by atoms with Crippen LogP contribution in [0.1, 0.15) is 28.9 Å². The fourth-order valence-corrected chi connectivity index (χ4v) is 4.60. The van der Waals surface area contributed by atoms with Crippen molar-refractivity contribution in [2.75, 3.05) is 32.7 Å². The highest BCUT2D eigenvalue weighted by molar-refractivity contribution is 7.13. The summed E-state index contributed by atoms with van der Waals surface area (Å²) < 4.78 is 12.9. The van der Waals surface area contributed by atoms with Crippen LogP contribution in [0.25, 0.3) is 10.6 Å². The molecule has 0 aliphatic carbocycles. The van der Waals surface area contributed by atoms with E-state index in [0.717, 1.165) is 35.9 Å². The summed E-state index contributed by atoms with van der Waals surface area (Å²) in [5, 5.41) is 5.92. The molecule has 0 unspecified atom stereocenters. The minimum atomic E-state index is -0.374. The van der Waals surface area contributed by atoms with Gasteiger partial charge in [0.05, 0.1) is 5.69 Å². The average Bonchev–Trinajstić information content (AvgIpc) is 3.31. The summed E-state index contributed by atoms with van der Waals surface area (Å²) >= 11 is 1.66. The Kier molecular flexibility index (Phi) is 7.80. The van der Waals surface area contributed by atoms with Crippen LogP contribution in [-0.2, 0) is 11.3 Å². The third kappa shape index (κ3) is 6.46. The molecule has 2 amide bonds. The molecule has 4 rings (SSSR count). The smallest absolute Gasteiger partial charge is 0.251 e. The Balaban J connectivity index is 1.15. The van der Waals surface area contributed by atoms with Gasteiger partial charge < -0.3 is 10.2 Å². The van der Waals surface area contributed by atoms with Crippen molar-refractivity contribution in [3.8, 4) is 10.6 Å². The summed E-state index contributed by atoms with van der Waals surface area (Å²) in [7, 11) is 0. The standard InChI is InChI=1S/C25H27FN4O2S/c26-21-10-8-19(9-11-21)24(32)27-12-4-7-23(31)30-15-13-29(14-16-30)17-22-18-33-25(28-22)20-5-2-1-3-6-20/h1-3,5-6,8-11,18H,4,7,12-17H2,(H,27,32). The molecule has 8 heteroatoms. The van der Waals surface area contributed by atoms with E-state index in [1.165, 1.54) is 24.3 Å². The fourth-order valence-electron chi connectivity index (χ4n) is 3.78. The van der Waals surface area contributed by atoms with E-state index in [-0.39, 0.29) is 17.6 Å². The van der Waals surface area contributed by atoms with Crippen LogP contribution in [0.2, 0.25) is 0 Å². The Morgan fingerprint density at radius 2 is 1.73 bits per heavy atom. The Hall–Kier alpha value is -3.10. The third-order valence-electron chi connectivity index (χ3n) is 5.64. The average molecular weight is 467 g/mol. The van der Waals surface area contributed by atoms with Crippen molar-refractivity contribution in [2.24, 2.45) is 0 Å². The maximum atomic E-state index is 12.9. The van der Waals surface area contributed by atoms with E-state index >= 15 is 0 Å². The number of thiazole rings is 1. The van der Waals surface area contributed by atoms with E-state index in [1.807, 2.05) is 23.1 Å². The first kappa shape index (κ1) is 23.1. The summed E-state index contributed by atoms with van der Waals surface area (Å²) in [6, 6.07) is 15.6. The van der Waals surface area contributed by atoms with Crippen LogP contribution < -0.4 is 5.32 Å². The Morgan fingerprint density at radius 1 is 1.00 bits per heavy atom. The molecular weight excluding hydrogens is 439 g/mol. The summed E-state index contributed by atoms with van der Waals surface area (Å²) in [4.78, 5) is 33.5. The van der Waals surface area contributed by atoms with Gasteiger partial charge in [0.15, 0.2) is 0 Å². The molecule has 1 fully saturated rings. The number of carbonyl (C=O) groups excluding carboxylic acids is 2. The zero-order chi connectivity index (χ0) is 23.0. The lowest BCUT2D eigenvalue weighted by molar-refractivity contribution is -0.133. The van der Waals surface area contributed by atoms with Gasteiger partial charge >= 0.3 is 0 Å². The van der Waals surface area contributed by atoms with Crippen LogP contribution in [0.15, 0.2) is 60.0 Å². The number of rotatable bonds is 8. The number of hydrogen-bond acceptors (Lipinski definition) is 5. The van der Waals surface area contributed by atoms with Gasteiger partial charge in [0, 0.05) is 62.2 Å². The molecule has 1 N–H and O–H groups in total. The first-order valence-electron chi connectivity index (χ1n) is 11.1. The number of carbonyl (C=O) groups is 2. The van der Waals surface area contributed by atoms with E-state index in [1.54, 1.807) is 11.3 Å². The molecule has 172 valence electrons. The number of halogens is 1. The maximum absolute atomic E-state index is 12.9. The Morgan fingerprint density at radius 3 is 2.45 bits per heavy atom. The van der Waals surface area contributed by atoms with Crippen LogP contribution in [0.5, 0.6) is 0 Å². The number of piperazine rings is 1. The van der Waals surface area contributed by atoms with Gasteiger partial charge in [-0.05, 0) is 30.7 Å². The van der Waals surface area contributed by atoms with Crippen LogP contribution in [0, 0.1) is 5.82 Å². The van der Waals surface area contributed by atoms with Gasteiger partial charge in [0.2, 0.25) is 5.91 Å². The van der Waals surface area contributed by atoms with Gasteiger partial charge in [-0.1, -0.05) is 30.3 Å². The van der Waals surface area contributed by atoms with Gasteiger partial charge in [-0.3, -0.25) is 14.5 Å². The van der Waals surface area contributed by atoms with E-state index < -0.39 is 0 Å². The second kappa shape index (κ2) is 11.2.